The van der Waals surface area contributed by atoms with Gasteiger partial charge in [-0.2, -0.15) is 0 Å². The molecule has 140 valence electrons. The van der Waals surface area contributed by atoms with E-state index in [-0.39, 0.29) is 5.91 Å². The quantitative estimate of drug-likeness (QED) is 0.663. The Balaban J connectivity index is 1.55. The van der Waals surface area contributed by atoms with Gasteiger partial charge in [0.1, 0.15) is 29.8 Å². The average Bonchev–Trinajstić information content (AvgIpc) is 3.20. The number of rotatable bonds is 8. The monoisotopic (exact) mass is 366 g/mol. The maximum atomic E-state index is 12.4. The summed E-state index contributed by atoms with van der Waals surface area (Å²) in [4.78, 5) is 12.4. The summed E-state index contributed by atoms with van der Waals surface area (Å²) in [6.07, 6.45) is 1.72. The van der Waals surface area contributed by atoms with Crippen LogP contribution in [0.1, 0.15) is 24.2 Å². The summed E-state index contributed by atoms with van der Waals surface area (Å²) in [5.41, 5.74) is 1.57. The normalized spacial score (nSPS) is 11.6. The van der Waals surface area contributed by atoms with Gasteiger partial charge < -0.3 is 14.8 Å². The molecular formula is C20H22N4O3. The van der Waals surface area contributed by atoms with Crippen molar-refractivity contribution in [2.24, 2.45) is 0 Å². The van der Waals surface area contributed by atoms with Gasteiger partial charge in [-0.05, 0) is 25.1 Å². The summed E-state index contributed by atoms with van der Waals surface area (Å²) in [7, 11) is 1.61. The molecule has 1 aromatic heterocycles. The number of methoxy groups -OCH3 is 1. The van der Waals surface area contributed by atoms with E-state index in [4.69, 9.17) is 9.47 Å². The van der Waals surface area contributed by atoms with Crippen molar-refractivity contribution in [3.8, 4) is 11.5 Å². The molecule has 0 saturated carbocycles. The van der Waals surface area contributed by atoms with Crippen LogP contribution in [0, 0.1) is 0 Å². The minimum atomic E-state index is -0.488. The summed E-state index contributed by atoms with van der Waals surface area (Å²) in [6.45, 7) is 2.44. The van der Waals surface area contributed by atoms with Gasteiger partial charge in [0.05, 0.1) is 13.3 Å². The van der Waals surface area contributed by atoms with Gasteiger partial charge in [-0.3, -0.25) is 4.79 Å². The third-order valence-electron chi connectivity index (χ3n) is 4.11. The Bertz CT molecular complexity index is 880. The van der Waals surface area contributed by atoms with Gasteiger partial charge in [-0.15, -0.1) is 5.10 Å². The highest BCUT2D eigenvalue weighted by molar-refractivity contribution is 5.79. The van der Waals surface area contributed by atoms with Crippen molar-refractivity contribution in [1.82, 2.24) is 20.3 Å². The molecule has 1 heterocycles. The molecule has 3 aromatic rings. The molecule has 1 amide bonds. The van der Waals surface area contributed by atoms with Crippen molar-refractivity contribution in [3.05, 3.63) is 72.1 Å². The van der Waals surface area contributed by atoms with Crippen LogP contribution in [0.2, 0.25) is 0 Å². The molecule has 1 unspecified atom stereocenters. The van der Waals surface area contributed by atoms with Gasteiger partial charge in [0.2, 0.25) is 5.91 Å². The molecule has 0 aliphatic carbocycles. The van der Waals surface area contributed by atoms with Crippen LogP contribution in [0.4, 0.5) is 0 Å². The number of hydrogen-bond donors (Lipinski definition) is 1. The largest absolute Gasteiger partial charge is 0.496 e. The summed E-state index contributed by atoms with van der Waals surface area (Å²) >= 11 is 0. The van der Waals surface area contributed by atoms with Crippen molar-refractivity contribution in [2.75, 3.05) is 7.11 Å². The van der Waals surface area contributed by atoms with Crippen LogP contribution in [-0.4, -0.2) is 28.0 Å². The molecule has 3 rings (SSSR count). The summed E-state index contributed by atoms with van der Waals surface area (Å²) in [6, 6.07) is 16.6. The van der Waals surface area contributed by atoms with Crippen molar-refractivity contribution in [3.63, 3.8) is 0 Å². The zero-order valence-corrected chi connectivity index (χ0v) is 15.3. The number of nitrogens with one attached hydrogen (secondary N) is 1. The van der Waals surface area contributed by atoms with E-state index in [1.165, 1.54) is 4.68 Å². The first-order valence-corrected chi connectivity index (χ1v) is 8.65. The lowest BCUT2D eigenvalue weighted by atomic mass is 10.2. The molecule has 0 aliphatic rings. The first-order valence-electron chi connectivity index (χ1n) is 8.65. The van der Waals surface area contributed by atoms with E-state index >= 15 is 0 Å². The standard InChI is InChI=1S/C20H22N4O3/c1-15(20(25)21-12-16-8-6-7-11-19(16)26-2)24-13-17(22-23-24)14-27-18-9-4-3-5-10-18/h3-11,13,15H,12,14H2,1-2H3,(H,21,25). The molecule has 0 saturated heterocycles. The Morgan fingerprint density at radius 2 is 1.89 bits per heavy atom. The van der Waals surface area contributed by atoms with E-state index in [9.17, 15) is 4.79 Å². The minimum absolute atomic E-state index is 0.152. The smallest absolute Gasteiger partial charge is 0.244 e. The topological polar surface area (TPSA) is 78.3 Å². The lowest BCUT2D eigenvalue weighted by molar-refractivity contribution is -0.124. The molecule has 1 atom stereocenters. The number of para-hydroxylation sites is 2. The molecule has 0 radical (unpaired) electrons. The van der Waals surface area contributed by atoms with E-state index < -0.39 is 6.04 Å². The van der Waals surface area contributed by atoms with Gasteiger partial charge in [0, 0.05) is 12.1 Å². The Hall–Kier alpha value is -3.35. The zero-order chi connectivity index (χ0) is 19.1. The van der Waals surface area contributed by atoms with E-state index in [2.05, 4.69) is 15.6 Å². The Kier molecular flexibility index (Phi) is 6.04. The fourth-order valence-corrected chi connectivity index (χ4v) is 2.54. The molecule has 0 aliphatic heterocycles. The zero-order valence-electron chi connectivity index (χ0n) is 15.3. The fourth-order valence-electron chi connectivity index (χ4n) is 2.54. The van der Waals surface area contributed by atoms with Gasteiger partial charge in [-0.25, -0.2) is 4.68 Å². The summed E-state index contributed by atoms with van der Waals surface area (Å²) in [5.74, 6) is 1.35. The first-order chi connectivity index (χ1) is 13.2. The number of carbonyl (C=O) groups is 1. The fraction of sp³-hybridized carbons (Fsp3) is 0.250. The van der Waals surface area contributed by atoms with Crippen LogP contribution >= 0.6 is 0 Å². The Morgan fingerprint density at radius 3 is 2.67 bits per heavy atom. The van der Waals surface area contributed by atoms with Crippen LogP contribution < -0.4 is 14.8 Å². The first kappa shape index (κ1) is 18.4. The molecule has 0 fully saturated rings. The molecule has 1 N–H and O–H groups in total. The van der Waals surface area contributed by atoms with E-state index in [1.54, 1.807) is 20.2 Å². The molecule has 7 heteroatoms. The van der Waals surface area contributed by atoms with E-state index in [1.807, 2.05) is 54.6 Å². The number of aromatic nitrogens is 3. The lowest BCUT2D eigenvalue weighted by Gasteiger charge is -2.13. The van der Waals surface area contributed by atoms with Crippen molar-refractivity contribution in [1.29, 1.82) is 0 Å². The molecular weight excluding hydrogens is 344 g/mol. The lowest BCUT2D eigenvalue weighted by Crippen LogP contribution is -2.31. The molecule has 0 bridgehead atoms. The Labute approximate surface area is 157 Å². The molecule has 0 spiro atoms. The second kappa shape index (κ2) is 8.84. The third kappa shape index (κ3) is 4.84. The number of amides is 1. The number of ether oxygens (including phenoxy) is 2. The van der Waals surface area contributed by atoms with Gasteiger partial charge >= 0.3 is 0 Å². The van der Waals surface area contributed by atoms with E-state index in [0.717, 1.165) is 17.1 Å². The summed E-state index contributed by atoms with van der Waals surface area (Å²) < 4.78 is 12.5. The third-order valence-corrected chi connectivity index (χ3v) is 4.11. The maximum Gasteiger partial charge on any atom is 0.244 e. The molecule has 2 aromatic carbocycles. The second-order valence-electron chi connectivity index (χ2n) is 6.00. The predicted molar refractivity (Wildman–Crippen MR) is 100 cm³/mol. The van der Waals surface area contributed by atoms with Crippen LogP contribution in [0.3, 0.4) is 0 Å². The van der Waals surface area contributed by atoms with Crippen molar-refractivity contribution in [2.45, 2.75) is 26.1 Å². The molecule has 7 nitrogen and oxygen atoms in total. The predicted octanol–water partition coefficient (Wildman–Crippen LogP) is 2.74. The number of carbonyl (C=O) groups excluding carboxylic acids is 1. The van der Waals surface area contributed by atoms with Crippen LogP contribution in [0.5, 0.6) is 11.5 Å². The van der Waals surface area contributed by atoms with Crippen LogP contribution in [-0.2, 0) is 17.9 Å². The van der Waals surface area contributed by atoms with Crippen molar-refractivity contribution < 1.29 is 14.3 Å². The minimum Gasteiger partial charge on any atom is -0.496 e. The second-order valence-corrected chi connectivity index (χ2v) is 6.00. The molecule has 27 heavy (non-hydrogen) atoms. The SMILES string of the molecule is COc1ccccc1CNC(=O)C(C)n1cc(COc2ccccc2)nn1. The summed E-state index contributed by atoms with van der Waals surface area (Å²) in [5, 5.41) is 11.0. The average molecular weight is 366 g/mol. The van der Waals surface area contributed by atoms with Crippen molar-refractivity contribution >= 4 is 5.91 Å². The van der Waals surface area contributed by atoms with Gasteiger partial charge in [0.25, 0.3) is 0 Å². The van der Waals surface area contributed by atoms with E-state index in [0.29, 0.717) is 18.8 Å². The Morgan fingerprint density at radius 1 is 1.15 bits per heavy atom. The van der Waals surface area contributed by atoms with Crippen LogP contribution in [0.25, 0.3) is 0 Å². The highest BCUT2D eigenvalue weighted by atomic mass is 16.5. The number of benzene rings is 2. The van der Waals surface area contributed by atoms with Gasteiger partial charge in [-0.1, -0.05) is 41.6 Å². The van der Waals surface area contributed by atoms with Crippen LogP contribution in [0.15, 0.2) is 60.8 Å². The maximum absolute atomic E-state index is 12.4. The number of nitrogens with zero attached hydrogens (tertiary/aromatic N) is 3. The van der Waals surface area contributed by atoms with Gasteiger partial charge in [0.15, 0.2) is 0 Å². The number of hydrogen-bond acceptors (Lipinski definition) is 5. The highest BCUT2D eigenvalue weighted by Gasteiger charge is 2.17. The highest BCUT2D eigenvalue weighted by Crippen LogP contribution is 2.17.